The fraction of sp³-hybridized carbons (Fsp3) is 0.833. The van der Waals surface area contributed by atoms with E-state index in [1.807, 2.05) is 0 Å². The second kappa shape index (κ2) is 3.36. The predicted molar refractivity (Wildman–Crippen MR) is 35.1 cm³/mol. The minimum atomic E-state index is -1.55. The molecular weight excluding hydrogens is 168 g/mol. The molecule has 1 heterocycles. The van der Waals surface area contributed by atoms with Crippen LogP contribution < -0.4 is 0 Å². The van der Waals surface area contributed by atoms with E-state index < -0.39 is 30.6 Å². The molecule has 1 saturated heterocycles. The molecule has 0 aromatic carbocycles. The van der Waals surface area contributed by atoms with Gasteiger partial charge in [-0.25, -0.2) is 4.79 Å². The average molecular weight is 178 g/mol. The number of rotatable bonds is 1. The molecule has 12 heavy (non-hydrogen) atoms. The van der Waals surface area contributed by atoms with Crippen molar-refractivity contribution in [2.75, 3.05) is 0 Å². The van der Waals surface area contributed by atoms with Gasteiger partial charge in [0.25, 0.3) is 0 Å². The average Bonchev–Trinajstić information content (AvgIpc) is 1.96. The monoisotopic (exact) mass is 178 g/mol. The van der Waals surface area contributed by atoms with E-state index in [1.165, 1.54) is 0 Å². The maximum absolute atomic E-state index is 10.3. The van der Waals surface area contributed by atoms with E-state index in [9.17, 15) is 4.79 Å². The van der Waals surface area contributed by atoms with Crippen molar-refractivity contribution < 1.29 is 30.0 Å². The second-order valence-electron chi connectivity index (χ2n) is 2.64. The number of aliphatic hydroxyl groups is 3. The number of aliphatic hydroxyl groups excluding tert-OH is 3. The Morgan fingerprint density at radius 2 is 1.92 bits per heavy atom. The van der Waals surface area contributed by atoms with Crippen molar-refractivity contribution >= 4 is 5.97 Å². The highest BCUT2D eigenvalue weighted by Gasteiger charge is 2.40. The molecule has 0 aromatic rings. The van der Waals surface area contributed by atoms with Crippen molar-refractivity contribution in [3.63, 3.8) is 0 Å². The van der Waals surface area contributed by atoms with Gasteiger partial charge in [-0.3, -0.25) is 0 Å². The van der Waals surface area contributed by atoms with Crippen LogP contribution in [-0.2, 0) is 9.53 Å². The van der Waals surface area contributed by atoms with Crippen molar-refractivity contribution in [1.29, 1.82) is 0 Å². The first kappa shape index (κ1) is 9.40. The lowest BCUT2D eigenvalue weighted by atomic mass is 10.0. The minimum Gasteiger partial charge on any atom is -0.479 e. The first-order valence-corrected chi connectivity index (χ1v) is 3.45. The lowest BCUT2D eigenvalue weighted by Crippen LogP contribution is -2.51. The molecule has 1 aliphatic heterocycles. The lowest BCUT2D eigenvalue weighted by Gasteiger charge is -2.32. The van der Waals surface area contributed by atoms with Crippen molar-refractivity contribution in [2.45, 2.75) is 31.0 Å². The Bertz CT molecular complexity index is 181. The topological polar surface area (TPSA) is 107 Å². The molecule has 70 valence electrons. The van der Waals surface area contributed by atoms with Gasteiger partial charge in [0.2, 0.25) is 0 Å². The van der Waals surface area contributed by atoms with Crippen LogP contribution in [0.5, 0.6) is 0 Å². The van der Waals surface area contributed by atoms with E-state index in [-0.39, 0.29) is 6.42 Å². The molecule has 4 N–H and O–H groups in total. The molecule has 4 atom stereocenters. The van der Waals surface area contributed by atoms with Crippen LogP contribution in [0, 0.1) is 0 Å². The highest BCUT2D eigenvalue weighted by Crippen LogP contribution is 2.18. The third-order valence-corrected chi connectivity index (χ3v) is 1.69. The van der Waals surface area contributed by atoms with Gasteiger partial charge in [0, 0.05) is 6.42 Å². The van der Waals surface area contributed by atoms with Gasteiger partial charge in [-0.1, -0.05) is 0 Å². The zero-order valence-corrected chi connectivity index (χ0v) is 6.12. The summed E-state index contributed by atoms with van der Waals surface area (Å²) < 4.78 is 4.48. The van der Waals surface area contributed by atoms with E-state index in [1.54, 1.807) is 0 Å². The molecule has 0 aliphatic carbocycles. The number of hydrogen-bond acceptors (Lipinski definition) is 5. The molecule has 0 aromatic heterocycles. The van der Waals surface area contributed by atoms with Gasteiger partial charge in [0.05, 0.1) is 6.10 Å². The number of ether oxygens (including phenoxy) is 1. The van der Waals surface area contributed by atoms with Crippen molar-refractivity contribution in [1.82, 2.24) is 0 Å². The summed E-state index contributed by atoms with van der Waals surface area (Å²) in [6, 6.07) is 0. The third kappa shape index (κ3) is 1.72. The van der Waals surface area contributed by atoms with Crippen LogP contribution in [0.4, 0.5) is 0 Å². The SMILES string of the molecule is O=C(O)C1O[C@@H](O)C[C@@H](O)C1O. The van der Waals surface area contributed by atoms with Gasteiger partial charge in [-0.2, -0.15) is 0 Å². The van der Waals surface area contributed by atoms with Crippen LogP contribution in [0.2, 0.25) is 0 Å². The number of carboxylic acids is 1. The quantitative estimate of drug-likeness (QED) is 0.366. The fourth-order valence-electron chi connectivity index (χ4n) is 1.06. The molecule has 6 heteroatoms. The van der Waals surface area contributed by atoms with E-state index in [0.717, 1.165) is 0 Å². The number of carboxylic acid groups (broad SMARTS) is 1. The molecule has 0 radical (unpaired) electrons. The Balaban J connectivity index is 2.66. The smallest absolute Gasteiger partial charge is 0.335 e. The van der Waals surface area contributed by atoms with E-state index in [2.05, 4.69) is 4.74 Å². The lowest BCUT2D eigenvalue weighted by molar-refractivity contribution is -0.236. The van der Waals surface area contributed by atoms with Gasteiger partial charge in [-0.15, -0.1) is 0 Å². The van der Waals surface area contributed by atoms with Crippen LogP contribution >= 0.6 is 0 Å². The maximum Gasteiger partial charge on any atom is 0.335 e. The van der Waals surface area contributed by atoms with E-state index >= 15 is 0 Å². The zero-order valence-electron chi connectivity index (χ0n) is 6.12. The Morgan fingerprint density at radius 3 is 2.42 bits per heavy atom. The van der Waals surface area contributed by atoms with Gasteiger partial charge in [0.15, 0.2) is 12.4 Å². The third-order valence-electron chi connectivity index (χ3n) is 1.69. The minimum absolute atomic E-state index is 0.176. The number of aliphatic carboxylic acids is 1. The summed E-state index contributed by atoms with van der Waals surface area (Å²) in [5.41, 5.74) is 0. The molecular formula is C6H10O6. The summed E-state index contributed by atoms with van der Waals surface area (Å²) in [4.78, 5) is 10.3. The first-order chi connectivity index (χ1) is 5.52. The normalized spacial score (nSPS) is 42.6. The fourth-order valence-corrected chi connectivity index (χ4v) is 1.06. The first-order valence-electron chi connectivity index (χ1n) is 3.45. The van der Waals surface area contributed by atoms with Crippen molar-refractivity contribution in [3.05, 3.63) is 0 Å². The van der Waals surface area contributed by atoms with E-state index in [0.29, 0.717) is 0 Å². The Morgan fingerprint density at radius 1 is 1.33 bits per heavy atom. The summed E-state index contributed by atoms with van der Waals surface area (Å²) in [5, 5.41) is 35.4. The van der Waals surface area contributed by atoms with Crippen molar-refractivity contribution in [3.8, 4) is 0 Å². The Hall–Kier alpha value is -0.690. The number of carbonyl (C=O) groups is 1. The van der Waals surface area contributed by atoms with Crippen LogP contribution in [0.15, 0.2) is 0 Å². The van der Waals surface area contributed by atoms with Crippen LogP contribution in [0.25, 0.3) is 0 Å². The molecule has 6 nitrogen and oxygen atoms in total. The summed E-state index contributed by atoms with van der Waals surface area (Å²) in [6.07, 6.45) is -5.79. The Kier molecular flexibility index (Phi) is 2.63. The molecule has 0 amide bonds. The van der Waals surface area contributed by atoms with Crippen LogP contribution in [-0.4, -0.2) is 51.0 Å². The van der Waals surface area contributed by atoms with Gasteiger partial charge < -0.3 is 25.2 Å². The summed E-state index contributed by atoms with van der Waals surface area (Å²) in [5.74, 6) is -1.40. The van der Waals surface area contributed by atoms with E-state index in [4.69, 9.17) is 20.4 Å². The second-order valence-corrected chi connectivity index (χ2v) is 2.64. The Labute approximate surface area is 68.0 Å². The van der Waals surface area contributed by atoms with Crippen LogP contribution in [0.1, 0.15) is 6.42 Å². The molecule has 0 saturated carbocycles. The molecule has 2 unspecified atom stereocenters. The van der Waals surface area contributed by atoms with Crippen molar-refractivity contribution in [2.24, 2.45) is 0 Å². The molecule has 0 bridgehead atoms. The molecule has 1 aliphatic rings. The van der Waals surface area contributed by atoms with Gasteiger partial charge in [-0.05, 0) is 0 Å². The summed E-state index contributed by atoms with van der Waals surface area (Å²) in [6.45, 7) is 0. The standard InChI is InChI=1S/C6H10O6/c7-2-1-3(8)12-5(4(2)9)6(10)11/h2-5,7-9H,1H2,(H,10,11)/t2-,3-,4?,5?/m1/s1. The number of hydrogen-bond donors (Lipinski definition) is 4. The maximum atomic E-state index is 10.3. The summed E-state index contributed by atoms with van der Waals surface area (Å²) >= 11 is 0. The zero-order chi connectivity index (χ0) is 9.30. The molecule has 1 fully saturated rings. The largest absolute Gasteiger partial charge is 0.479 e. The van der Waals surface area contributed by atoms with Crippen LogP contribution in [0.3, 0.4) is 0 Å². The molecule has 1 rings (SSSR count). The highest BCUT2D eigenvalue weighted by atomic mass is 16.6. The summed E-state index contributed by atoms with van der Waals surface area (Å²) in [7, 11) is 0. The predicted octanol–water partition coefficient (Wildman–Crippen LogP) is -2.10. The van der Waals surface area contributed by atoms with Gasteiger partial charge >= 0.3 is 5.97 Å². The highest BCUT2D eigenvalue weighted by molar-refractivity contribution is 5.73. The van der Waals surface area contributed by atoms with Gasteiger partial charge in [0.1, 0.15) is 6.10 Å². The molecule has 0 spiro atoms.